The standard InChI is InChI=1S/C17H15N3O2S/c1-2-12-3-5-13(6-4-12)15(21)11-20-17(23)22-16(19-20)14-7-9-18-10-8-14/h3-10H,2,11H2,1H3. The van der Waals surface area contributed by atoms with Gasteiger partial charge in [0, 0.05) is 23.5 Å². The minimum absolute atomic E-state index is 0.0545. The molecule has 0 spiro atoms. The van der Waals surface area contributed by atoms with Gasteiger partial charge in [-0.3, -0.25) is 9.78 Å². The number of rotatable bonds is 5. The third-order valence-electron chi connectivity index (χ3n) is 3.51. The zero-order chi connectivity index (χ0) is 16.2. The normalized spacial score (nSPS) is 10.7. The lowest BCUT2D eigenvalue weighted by Crippen LogP contribution is -2.12. The molecule has 0 unspecified atom stereocenters. The summed E-state index contributed by atoms with van der Waals surface area (Å²) in [5, 5.41) is 4.28. The molecule has 6 heteroatoms. The third-order valence-corrected chi connectivity index (χ3v) is 3.81. The molecule has 0 atom stereocenters. The van der Waals surface area contributed by atoms with Gasteiger partial charge in [0.05, 0.1) is 0 Å². The summed E-state index contributed by atoms with van der Waals surface area (Å²) in [4.78, 5) is 16.5. The molecule has 0 fully saturated rings. The molecule has 23 heavy (non-hydrogen) atoms. The van der Waals surface area contributed by atoms with Crippen LogP contribution in [0.25, 0.3) is 11.5 Å². The van der Waals surface area contributed by atoms with Gasteiger partial charge in [0.15, 0.2) is 5.78 Å². The first kappa shape index (κ1) is 15.3. The summed E-state index contributed by atoms with van der Waals surface area (Å²) in [6, 6.07) is 11.1. The summed E-state index contributed by atoms with van der Waals surface area (Å²) in [6.07, 6.45) is 4.23. The van der Waals surface area contributed by atoms with Gasteiger partial charge in [-0.05, 0) is 36.3 Å². The first-order valence-electron chi connectivity index (χ1n) is 7.28. The van der Waals surface area contributed by atoms with Crippen molar-refractivity contribution < 1.29 is 9.21 Å². The summed E-state index contributed by atoms with van der Waals surface area (Å²) < 4.78 is 6.86. The van der Waals surface area contributed by atoms with Gasteiger partial charge in [-0.2, -0.15) is 0 Å². The van der Waals surface area contributed by atoms with Crippen molar-refractivity contribution in [2.45, 2.75) is 19.9 Å². The second-order valence-corrected chi connectivity index (χ2v) is 5.39. The second-order valence-electron chi connectivity index (χ2n) is 5.04. The molecular weight excluding hydrogens is 310 g/mol. The summed E-state index contributed by atoms with van der Waals surface area (Å²) in [5.41, 5.74) is 2.60. The Hall–Kier alpha value is -2.60. The maximum Gasteiger partial charge on any atom is 0.287 e. The molecule has 3 aromatic rings. The number of Topliss-reactive ketones (excluding diaryl/α,β-unsaturated/α-hetero) is 1. The van der Waals surface area contributed by atoms with Crippen molar-refractivity contribution in [3.05, 3.63) is 64.8 Å². The fourth-order valence-electron chi connectivity index (χ4n) is 2.17. The van der Waals surface area contributed by atoms with Gasteiger partial charge in [-0.15, -0.1) is 5.10 Å². The first-order chi connectivity index (χ1) is 11.2. The number of aryl methyl sites for hydroxylation is 1. The molecule has 0 amide bonds. The topological polar surface area (TPSA) is 60.9 Å². The van der Waals surface area contributed by atoms with Crippen molar-refractivity contribution in [1.82, 2.24) is 14.8 Å². The Kier molecular flexibility index (Phi) is 4.43. The Balaban J connectivity index is 1.81. The number of carbonyl (C=O) groups is 1. The molecule has 1 aromatic carbocycles. The van der Waals surface area contributed by atoms with E-state index in [0.717, 1.165) is 12.0 Å². The summed E-state index contributed by atoms with van der Waals surface area (Å²) >= 11 is 5.15. The highest BCUT2D eigenvalue weighted by molar-refractivity contribution is 7.71. The molecule has 0 aliphatic carbocycles. The van der Waals surface area contributed by atoms with Crippen LogP contribution in [0.1, 0.15) is 22.8 Å². The second kappa shape index (κ2) is 6.66. The summed E-state index contributed by atoms with van der Waals surface area (Å²) in [6.45, 7) is 2.13. The lowest BCUT2D eigenvalue weighted by molar-refractivity contribution is 0.0966. The predicted molar refractivity (Wildman–Crippen MR) is 88.7 cm³/mol. The number of ketones is 1. The molecule has 0 radical (unpaired) electrons. The van der Waals surface area contributed by atoms with Gasteiger partial charge < -0.3 is 4.42 Å². The zero-order valence-electron chi connectivity index (χ0n) is 12.6. The maximum absolute atomic E-state index is 12.4. The largest absolute Gasteiger partial charge is 0.409 e. The van der Waals surface area contributed by atoms with E-state index in [1.54, 1.807) is 24.5 Å². The van der Waals surface area contributed by atoms with Crippen LogP contribution < -0.4 is 0 Å². The Morgan fingerprint density at radius 1 is 1.17 bits per heavy atom. The van der Waals surface area contributed by atoms with Gasteiger partial charge in [-0.25, -0.2) is 4.68 Å². The average Bonchev–Trinajstić information content (AvgIpc) is 2.96. The van der Waals surface area contributed by atoms with Crippen molar-refractivity contribution in [1.29, 1.82) is 0 Å². The van der Waals surface area contributed by atoms with Crippen LogP contribution >= 0.6 is 12.2 Å². The van der Waals surface area contributed by atoms with Crippen LogP contribution in [0.15, 0.2) is 53.2 Å². The maximum atomic E-state index is 12.4. The minimum Gasteiger partial charge on any atom is -0.409 e. The lowest BCUT2D eigenvalue weighted by Gasteiger charge is -2.02. The summed E-state index contributed by atoms with van der Waals surface area (Å²) in [5.74, 6) is 0.324. The highest BCUT2D eigenvalue weighted by Gasteiger charge is 2.12. The van der Waals surface area contributed by atoms with Crippen molar-refractivity contribution in [3.63, 3.8) is 0 Å². The number of nitrogens with zero attached hydrogens (tertiary/aromatic N) is 3. The van der Waals surface area contributed by atoms with Gasteiger partial charge in [0.1, 0.15) is 6.54 Å². The molecule has 0 saturated carbocycles. The number of hydrogen-bond donors (Lipinski definition) is 0. The van der Waals surface area contributed by atoms with E-state index in [1.165, 1.54) is 10.2 Å². The molecule has 116 valence electrons. The molecule has 2 heterocycles. The molecular formula is C17H15N3O2S. The van der Waals surface area contributed by atoms with E-state index in [-0.39, 0.29) is 17.2 Å². The first-order valence-corrected chi connectivity index (χ1v) is 7.68. The van der Waals surface area contributed by atoms with Crippen LogP contribution in [0.5, 0.6) is 0 Å². The molecule has 0 aliphatic rings. The van der Waals surface area contributed by atoms with Crippen molar-refractivity contribution in [2.75, 3.05) is 0 Å². The van der Waals surface area contributed by atoms with Gasteiger partial charge >= 0.3 is 0 Å². The third kappa shape index (κ3) is 3.43. The Bertz CT molecular complexity index is 867. The van der Waals surface area contributed by atoms with Gasteiger partial charge in [0.25, 0.3) is 4.84 Å². The van der Waals surface area contributed by atoms with Crippen LogP contribution in [0, 0.1) is 4.84 Å². The Morgan fingerprint density at radius 3 is 2.52 bits per heavy atom. The predicted octanol–water partition coefficient (Wildman–Crippen LogP) is 3.71. The molecule has 0 saturated heterocycles. The molecule has 0 N–H and O–H groups in total. The molecule has 0 bridgehead atoms. The van der Waals surface area contributed by atoms with Crippen LogP contribution in [-0.4, -0.2) is 20.5 Å². The number of carbonyl (C=O) groups excluding carboxylic acids is 1. The lowest BCUT2D eigenvalue weighted by atomic mass is 10.1. The van der Waals surface area contributed by atoms with E-state index in [2.05, 4.69) is 17.0 Å². The van der Waals surface area contributed by atoms with Crippen LogP contribution in [0.4, 0.5) is 0 Å². The highest BCUT2D eigenvalue weighted by Crippen LogP contribution is 2.16. The van der Waals surface area contributed by atoms with E-state index in [4.69, 9.17) is 16.6 Å². The number of benzene rings is 1. The smallest absolute Gasteiger partial charge is 0.287 e. The van der Waals surface area contributed by atoms with E-state index in [9.17, 15) is 4.79 Å². The zero-order valence-corrected chi connectivity index (χ0v) is 13.4. The van der Waals surface area contributed by atoms with Crippen LogP contribution in [0.3, 0.4) is 0 Å². The Morgan fingerprint density at radius 2 is 1.87 bits per heavy atom. The number of aromatic nitrogens is 3. The van der Waals surface area contributed by atoms with Crippen molar-refractivity contribution in [3.8, 4) is 11.5 Å². The van der Waals surface area contributed by atoms with Gasteiger partial charge in [-0.1, -0.05) is 31.2 Å². The average molecular weight is 325 g/mol. The van der Waals surface area contributed by atoms with Crippen molar-refractivity contribution >= 4 is 18.0 Å². The minimum atomic E-state index is -0.0571. The number of hydrogen-bond acceptors (Lipinski definition) is 5. The van der Waals surface area contributed by atoms with E-state index in [1.807, 2.05) is 24.3 Å². The fourth-order valence-corrected chi connectivity index (χ4v) is 2.36. The highest BCUT2D eigenvalue weighted by atomic mass is 32.1. The summed E-state index contributed by atoms with van der Waals surface area (Å²) in [7, 11) is 0. The number of pyridine rings is 1. The monoisotopic (exact) mass is 325 g/mol. The quantitative estimate of drug-likeness (QED) is 0.528. The molecule has 3 rings (SSSR count). The van der Waals surface area contributed by atoms with Gasteiger partial charge in [0.2, 0.25) is 5.89 Å². The van der Waals surface area contributed by atoms with E-state index >= 15 is 0 Å². The van der Waals surface area contributed by atoms with E-state index < -0.39 is 0 Å². The fraction of sp³-hybridized carbons (Fsp3) is 0.176. The van der Waals surface area contributed by atoms with Crippen molar-refractivity contribution in [2.24, 2.45) is 0 Å². The Labute approximate surface area is 138 Å². The van der Waals surface area contributed by atoms with Crippen LogP contribution in [-0.2, 0) is 13.0 Å². The molecule has 0 aliphatic heterocycles. The molecule has 5 nitrogen and oxygen atoms in total. The molecule has 2 aromatic heterocycles. The van der Waals surface area contributed by atoms with Crippen LogP contribution in [0.2, 0.25) is 0 Å². The SMILES string of the molecule is CCc1ccc(C(=O)Cn2nc(-c3ccncc3)oc2=S)cc1. The van der Waals surface area contributed by atoms with E-state index in [0.29, 0.717) is 11.5 Å².